The van der Waals surface area contributed by atoms with Gasteiger partial charge in [-0.1, -0.05) is 25.1 Å². The molecule has 1 aromatic heterocycles. The first kappa shape index (κ1) is 21.5. The molecule has 0 aliphatic rings. The summed E-state index contributed by atoms with van der Waals surface area (Å²) in [6.07, 6.45) is 3.57. The van der Waals surface area contributed by atoms with Crippen LogP contribution in [0.2, 0.25) is 0 Å². The van der Waals surface area contributed by atoms with Crippen molar-refractivity contribution in [3.05, 3.63) is 54.7 Å². The number of nitrogens with zero attached hydrogens (tertiary/aromatic N) is 2. The van der Waals surface area contributed by atoms with Crippen LogP contribution in [-0.2, 0) is 10.0 Å². The number of phenolic OH excluding ortho intramolecular Hbond substituents is 1. The Labute approximate surface area is 176 Å². The van der Waals surface area contributed by atoms with Crippen LogP contribution in [0.5, 0.6) is 5.75 Å². The summed E-state index contributed by atoms with van der Waals surface area (Å²) in [4.78, 5) is 8.77. The summed E-state index contributed by atoms with van der Waals surface area (Å²) in [6, 6.07) is 13.9. The van der Waals surface area contributed by atoms with Crippen LogP contribution in [0.3, 0.4) is 0 Å². The largest absolute Gasteiger partial charge is 0.507 e. The Kier molecular flexibility index (Phi) is 6.53. The first-order valence-corrected chi connectivity index (χ1v) is 11.4. The molecule has 2 aromatic carbocycles. The number of hydrogen-bond acceptors (Lipinski definition) is 7. The lowest BCUT2D eigenvalue weighted by Gasteiger charge is -2.12. The Morgan fingerprint density at radius 1 is 1.13 bits per heavy atom. The van der Waals surface area contributed by atoms with Crippen molar-refractivity contribution in [2.75, 3.05) is 22.8 Å². The monoisotopic (exact) mass is 427 g/mol. The van der Waals surface area contributed by atoms with Gasteiger partial charge in [0.15, 0.2) is 5.82 Å². The number of sulfonamides is 1. The molecule has 1 atom stereocenters. The normalized spacial score (nSPS) is 12.4. The molecule has 158 valence electrons. The van der Waals surface area contributed by atoms with Gasteiger partial charge in [-0.25, -0.2) is 18.4 Å². The van der Waals surface area contributed by atoms with Crippen molar-refractivity contribution in [2.24, 2.45) is 5.73 Å². The summed E-state index contributed by atoms with van der Waals surface area (Å²) in [7, 11) is -3.38. The molecule has 0 amide bonds. The number of aromatic nitrogens is 2. The second-order valence-corrected chi connectivity index (χ2v) is 8.75. The highest BCUT2D eigenvalue weighted by Crippen LogP contribution is 2.33. The van der Waals surface area contributed by atoms with Gasteiger partial charge in [-0.3, -0.25) is 4.72 Å². The van der Waals surface area contributed by atoms with E-state index in [1.807, 2.05) is 13.0 Å². The molecule has 3 rings (SSSR count). The molecule has 9 heteroatoms. The van der Waals surface area contributed by atoms with E-state index in [1.54, 1.807) is 48.7 Å². The molecule has 0 aliphatic carbocycles. The van der Waals surface area contributed by atoms with Crippen LogP contribution in [0.25, 0.3) is 22.5 Å². The number of nitrogens with one attached hydrogen (secondary N) is 2. The minimum absolute atomic E-state index is 0.0213. The number of aromatic hydroxyl groups is 1. The summed E-state index contributed by atoms with van der Waals surface area (Å²) < 4.78 is 25.5. The van der Waals surface area contributed by atoms with Crippen molar-refractivity contribution in [1.29, 1.82) is 0 Å². The van der Waals surface area contributed by atoms with E-state index in [9.17, 15) is 13.5 Å². The Bertz CT molecular complexity index is 1130. The van der Waals surface area contributed by atoms with Crippen LogP contribution >= 0.6 is 0 Å². The van der Waals surface area contributed by atoms with Gasteiger partial charge in [0.25, 0.3) is 0 Å². The summed E-state index contributed by atoms with van der Waals surface area (Å²) in [5, 5.41) is 13.6. The molecule has 0 bridgehead atoms. The molecule has 3 aromatic rings. The second-order valence-electron chi connectivity index (χ2n) is 7.00. The second kappa shape index (κ2) is 9.10. The Morgan fingerprint density at radius 2 is 1.90 bits per heavy atom. The fourth-order valence-corrected chi connectivity index (χ4v) is 3.39. The Balaban J connectivity index is 1.92. The average Bonchev–Trinajstić information content (AvgIpc) is 2.71. The van der Waals surface area contributed by atoms with E-state index in [2.05, 4.69) is 20.0 Å². The molecular formula is C21H25N5O3S. The quantitative estimate of drug-likeness (QED) is 0.435. The van der Waals surface area contributed by atoms with E-state index >= 15 is 0 Å². The molecule has 1 heterocycles. The molecule has 0 aliphatic heterocycles. The third-order valence-electron chi connectivity index (χ3n) is 4.46. The third-order valence-corrected chi connectivity index (χ3v) is 5.07. The molecule has 0 saturated carbocycles. The zero-order valence-corrected chi connectivity index (χ0v) is 17.6. The van der Waals surface area contributed by atoms with E-state index in [-0.39, 0.29) is 11.8 Å². The molecule has 0 spiro atoms. The minimum Gasteiger partial charge on any atom is -0.507 e. The standard InChI is InChI=1S/C21H25N5O3S/c1-3-16(22)13-24-20-9-10-23-21(25-20)18-12-15(7-8-19(18)27)14-5-4-6-17(11-14)26-30(2,28)29/h4-12,16,26-27H,3,13,22H2,1-2H3,(H,23,24,25). The first-order valence-electron chi connectivity index (χ1n) is 9.49. The molecule has 8 nitrogen and oxygen atoms in total. The maximum Gasteiger partial charge on any atom is 0.229 e. The Morgan fingerprint density at radius 3 is 2.63 bits per heavy atom. The SMILES string of the molecule is CCC(N)CNc1ccnc(-c2cc(-c3cccc(NS(C)(=O)=O)c3)ccc2O)n1. The summed E-state index contributed by atoms with van der Waals surface area (Å²) >= 11 is 0. The van der Waals surface area contributed by atoms with Crippen molar-refractivity contribution in [2.45, 2.75) is 19.4 Å². The minimum atomic E-state index is -3.38. The van der Waals surface area contributed by atoms with Gasteiger partial charge in [-0.15, -0.1) is 0 Å². The van der Waals surface area contributed by atoms with Crippen LogP contribution in [0.4, 0.5) is 11.5 Å². The zero-order chi connectivity index (χ0) is 21.7. The molecule has 0 radical (unpaired) electrons. The molecular weight excluding hydrogens is 402 g/mol. The van der Waals surface area contributed by atoms with E-state index < -0.39 is 10.0 Å². The van der Waals surface area contributed by atoms with E-state index in [0.29, 0.717) is 29.4 Å². The number of nitrogens with two attached hydrogens (primary N) is 1. The van der Waals surface area contributed by atoms with E-state index in [1.165, 1.54) is 0 Å². The molecule has 1 unspecified atom stereocenters. The van der Waals surface area contributed by atoms with Crippen LogP contribution in [0.15, 0.2) is 54.7 Å². The smallest absolute Gasteiger partial charge is 0.229 e. The van der Waals surface area contributed by atoms with Gasteiger partial charge in [0.1, 0.15) is 11.6 Å². The lowest BCUT2D eigenvalue weighted by molar-refractivity contribution is 0.477. The zero-order valence-electron chi connectivity index (χ0n) is 16.8. The maximum absolute atomic E-state index is 11.5. The highest BCUT2D eigenvalue weighted by molar-refractivity contribution is 7.92. The van der Waals surface area contributed by atoms with Crippen LogP contribution in [0, 0.1) is 0 Å². The van der Waals surface area contributed by atoms with Gasteiger partial charge in [-0.2, -0.15) is 0 Å². The van der Waals surface area contributed by atoms with Gasteiger partial charge in [0, 0.05) is 24.5 Å². The number of benzene rings is 2. The van der Waals surface area contributed by atoms with Crippen LogP contribution in [0.1, 0.15) is 13.3 Å². The topological polar surface area (TPSA) is 130 Å². The first-order chi connectivity index (χ1) is 14.2. The van der Waals surface area contributed by atoms with Gasteiger partial charge in [0.2, 0.25) is 10.0 Å². The summed E-state index contributed by atoms with van der Waals surface area (Å²) in [5.74, 6) is 1.04. The van der Waals surface area contributed by atoms with Crippen LogP contribution < -0.4 is 15.8 Å². The van der Waals surface area contributed by atoms with Gasteiger partial charge in [-0.05, 0) is 47.9 Å². The van der Waals surface area contributed by atoms with Crippen LogP contribution in [-0.4, -0.2) is 42.3 Å². The van der Waals surface area contributed by atoms with Gasteiger partial charge in [0.05, 0.1) is 11.8 Å². The third kappa shape index (κ3) is 5.68. The fourth-order valence-electron chi connectivity index (χ4n) is 2.84. The van der Waals surface area contributed by atoms with Gasteiger partial charge >= 0.3 is 0 Å². The van der Waals surface area contributed by atoms with Crippen molar-refractivity contribution in [3.63, 3.8) is 0 Å². The molecule has 30 heavy (non-hydrogen) atoms. The lowest BCUT2D eigenvalue weighted by Crippen LogP contribution is -2.28. The van der Waals surface area contributed by atoms with Crippen molar-refractivity contribution < 1.29 is 13.5 Å². The van der Waals surface area contributed by atoms with E-state index in [4.69, 9.17) is 5.73 Å². The highest BCUT2D eigenvalue weighted by Gasteiger charge is 2.12. The van der Waals surface area contributed by atoms with Crippen molar-refractivity contribution in [1.82, 2.24) is 9.97 Å². The summed E-state index contributed by atoms with van der Waals surface area (Å²) in [6.45, 7) is 2.60. The van der Waals surface area contributed by atoms with Crippen molar-refractivity contribution >= 4 is 21.5 Å². The predicted molar refractivity (Wildman–Crippen MR) is 120 cm³/mol. The molecule has 0 saturated heterocycles. The highest BCUT2D eigenvalue weighted by atomic mass is 32.2. The van der Waals surface area contributed by atoms with Gasteiger partial charge < -0.3 is 16.2 Å². The van der Waals surface area contributed by atoms with Crippen molar-refractivity contribution in [3.8, 4) is 28.3 Å². The molecule has 0 fully saturated rings. The maximum atomic E-state index is 11.5. The average molecular weight is 428 g/mol. The van der Waals surface area contributed by atoms with E-state index in [0.717, 1.165) is 23.8 Å². The Hall–Kier alpha value is -3.17. The fraction of sp³-hybridized carbons (Fsp3) is 0.238. The number of anilines is 2. The number of hydrogen-bond donors (Lipinski definition) is 4. The molecule has 5 N–H and O–H groups in total. The summed E-state index contributed by atoms with van der Waals surface area (Å²) in [5.41, 5.74) is 8.44. The number of phenols is 1. The lowest BCUT2D eigenvalue weighted by atomic mass is 10.0. The number of rotatable bonds is 8. The predicted octanol–water partition coefficient (Wildman–Crippen LogP) is 3.04.